The van der Waals surface area contributed by atoms with Crippen LogP contribution in [0.15, 0.2) is 24.4 Å². The van der Waals surface area contributed by atoms with Gasteiger partial charge < -0.3 is 0 Å². The van der Waals surface area contributed by atoms with Crippen LogP contribution in [0.4, 0.5) is 19.1 Å². The van der Waals surface area contributed by atoms with Gasteiger partial charge in [0.05, 0.1) is 6.54 Å². The Hall–Kier alpha value is -2.75. The number of aryl methyl sites for hydroxylation is 3. The second-order valence-corrected chi connectivity index (χ2v) is 7.37. The molecule has 0 fully saturated rings. The van der Waals surface area contributed by atoms with Crippen LogP contribution in [0, 0.1) is 20.8 Å². The highest BCUT2D eigenvalue weighted by Crippen LogP contribution is 2.29. The van der Waals surface area contributed by atoms with Crippen molar-refractivity contribution in [1.29, 1.82) is 0 Å². The number of anilines is 1. The molecule has 6 nitrogen and oxygen atoms in total. The smallest absolute Gasteiger partial charge is 0.289 e. The molecule has 0 aliphatic carbocycles. The van der Waals surface area contributed by atoms with Gasteiger partial charge in [-0.25, -0.2) is 9.67 Å². The molecule has 27 heavy (non-hydrogen) atoms. The first-order valence-corrected chi connectivity index (χ1v) is 8.77. The van der Waals surface area contributed by atoms with E-state index in [1.165, 1.54) is 11.3 Å². The third kappa shape index (κ3) is 4.33. The van der Waals surface area contributed by atoms with Crippen LogP contribution in [0.25, 0.3) is 0 Å². The van der Waals surface area contributed by atoms with Crippen molar-refractivity contribution in [2.45, 2.75) is 33.5 Å². The Morgan fingerprint density at radius 2 is 2.00 bits per heavy atom. The Morgan fingerprint density at radius 1 is 1.26 bits per heavy atom. The molecule has 142 valence electrons. The lowest BCUT2D eigenvalue weighted by Gasteiger charge is -2.06. The lowest BCUT2D eigenvalue weighted by molar-refractivity contribution is -0.147. The second-order valence-electron chi connectivity index (χ2n) is 6.05. The molecule has 0 aliphatic heterocycles. The van der Waals surface area contributed by atoms with Crippen molar-refractivity contribution in [2.24, 2.45) is 0 Å². The number of nitrogens with zero attached hydrogens (tertiary/aromatic N) is 4. The fourth-order valence-corrected chi connectivity index (χ4v) is 3.24. The van der Waals surface area contributed by atoms with E-state index in [0.29, 0.717) is 20.8 Å². The minimum Gasteiger partial charge on any atom is -0.289 e. The number of alkyl halides is 3. The zero-order valence-corrected chi connectivity index (χ0v) is 15.6. The van der Waals surface area contributed by atoms with Crippen molar-refractivity contribution >= 4 is 23.2 Å². The molecule has 3 aromatic rings. The fraction of sp³-hybridized carbons (Fsp3) is 0.294. The molecular formula is C17H16F3N5OS. The third-order valence-electron chi connectivity index (χ3n) is 3.74. The summed E-state index contributed by atoms with van der Waals surface area (Å²) in [5, 5.41) is 6.64. The summed E-state index contributed by atoms with van der Waals surface area (Å²) in [6, 6.07) is 5.27. The number of carbonyl (C=O) groups is 1. The highest BCUT2D eigenvalue weighted by Gasteiger charge is 2.38. The van der Waals surface area contributed by atoms with E-state index < -0.39 is 23.9 Å². The summed E-state index contributed by atoms with van der Waals surface area (Å²) in [7, 11) is 0. The molecule has 1 amide bonds. The van der Waals surface area contributed by atoms with Gasteiger partial charge in [-0.1, -0.05) is 17.7 Å². The zero-order chi connectivity index (χ0) is 19.8. The molecule has 1 aromatic carbocycles. The van der Waals surface area contributed by atoms with Crippen LogP contribution in [0.1, 0.15) is 37.2 Å². The normalized spacial score (nSPS) is 11.6. The average molecular weight is 395 g/mol. The van der Waals surface area contributed by atoms with Crippen LogP contribution in [-0.2, 0) is 12.7 Å². The zero-order valence-electron chi connectivity index (χ0n) is 14.8. The standard InChI is InChI=1S/C17H16F3N5OS/c1-9-4-5-10(2)12(6-9)14(26)22-16-23-15(17(18,19)20)25(24-16)8-13-21-7-11(3)27-13/h4-7H,8H2,1-3H3,(H,22,24,26). The first-order valence-electron chi connectivity index (χ1n) is 7.95. The van der Waals surface area contributed by atoms with Crippen molar-refractivity contribution in [3.05, 3.63) is 56.8 Å². The van der Waals surface area contributed by atoms with Crippen LogP contribution < -0.4 is 5.32 Å². The number of nitrogens with one attached hydrogen (secondary N) is 1. The van der Waals surface area contributed by atoms with Crippen LogP contribution in [-0.4, -0.2) is 25.7 Å². The molecule has 0 spiro atoms. The van der Waals surface area contributed by atoms with E-state index >= 15 is 0 Å². The van der Waals surface area contributed by atoms with Crippen molar-refractivity contribution in [2.75, 3.05) is 5.32 Å². The van der Waals surface area contributed by atoms with Gasteiger partial charge in [0.1, 0.15) is 5.01 Å². The SMILES string of the molecule is Cc1ccc(C)c(C(=O)Nc2nc(C(F)(F)F)n(Cc3ncc(C)s3)n2)c1. The Bertz CT molecular complexity index is 993. The molecule has 2 heterocycles. The molecule has 0 unspecified atom stereocenters. The molecule has 0 atom stereocenters. The predicted octanol–water partition coefficient (Wildman–Crippen LogP) is 3.98. The van der Waals surface area contributed by atoms with Gasteiger partial charge in [-0.15, -0.1) is 16.4 Å². The number of halogens is 3. The Balaban J connectivity index is 1.89. The molecule has 0 radical (unpaired) electrons. The van der Waals surface area contributed by atoms with E-state index in [0.717, 1.165) is 10.4 Å². The van der Waals surface area contributed by atoms with Crippen LogP contribution in [0.2, 0.25) is 0 Å². The minimum absolute atomic E-state index is 0.181. The Kier molecular flexibility index (Phi) is 5.01. The highest BCUT2D eigenvalue weighted by molar-refractivity contribution is 7.11. The summed E-state index contributed by atoms with van der Waals surface area (Å²) in [6.07, 6.45) is -3.13. The van der Waals surface area contributed by atoms with Gasteiger partial charge in [-0.05, 0) is 32.4 Å². The third-order valence-corrected chi connectivity index (χ3v) is 4.64. The maximum atomic E-state index is 13.3. The van der Waals surface area contributed by atoms with Crippen molar-refractivity contribution < 1.29 is 18.0 Å². The fourth-order valence-electron chi connectivity index (χ4n) is 2.47. The van der Waals surface area contributed by atoms with Crippen LogP contribution >= 0.6 is 11.3 Å². The van der Waals surface area contributed by atoms with E-state index in [4.69, 9.17) is 0 Å². The van der Waals surface area contributed by atoms with Crippen LogP contribution in [0.3, 0.4) is 0 Å². The van der Waals surface area contributed by atoms with Crippen molar-refractivity contribution in [3.63, 3.8) is 0 Å². The summed E-state index contributed by atoms with van der Waals surface area (Å²) >= 11 is 1.27. The summed E-state index contributed by atoms with van der Waals surface area (Å²) in [6.45, 7) is 5.19. The monoisotopic (exact) mass is 395 g/mol. The maximum Gasteiger partial charge on any atom is 0.451 e. The first-order chi connectivity index (χ1) is 12.6. The van der Waals surface area contributed by atoms with Gasteiger partial charge in [-0.3, -0.25) is 10.1 Å². The van der Waals surface area contributed by atoms with Gasteiger partial charge in [0.25, 0.3) is 5.91 Å². The van der Waals surface area contributed by atoms with Gasteiger partial charge in [0.15, 0.2) is 0 Å². The molecule has 0 saturated heterocycles. The molecule has 0 bridgehead atoms. The van der Waals surface area contributed by atoms with E-state index in [-0.39, 0.29) is 6.54 Å². The van der Waals surface area contributed by atoms with Gasteiger partial charge in [0, 0.05) is 16.6 Å². The Morgan fingerprint density at radius 3 is 2.63 bits per heavy atom. The highest BCUT2D eigenvalue weighted by atomic mass is 32.1. The van der Waals surface area contributed by atoms with Crippen LogP contribution in [0.5, 0.6) is 0 Å². The lowest BCUT2D eigenvalue weighted by atomic mass is 10.1. The summed E-state index contributed by atoms with van der Waals surface area (Å²) in [5.41, 5.74) is 1.92. The van der Waals surface area contributed by atoms with Gasteiger partial charge in [0.2, 0.25) is 11.8 Å². The van der Waals surface area contributed by atoms with E-state index in [1.807, 2.05) is 19.9 Å². The Labute approximate surface area is 157 Å². The minimum atomic E-state index is -4.71. The number of hydrogen-bond acceptors (Lipinski definition) is 5. The molecule has 2 aromatic heterocycles. The summed E-state index contributed by atoms with van der Waals surface area (Å²) < 4.78 is 40.6. The number of aromatic nitrogens is 4. The topological polar surface area (TPSA) is 72.7 Å². The van der Waals surface area contributed by atoms with E-state index in [9.17, 15) is 18.0 Å². The predicted molar refractivity (Wildman–Crippen MR) is 94.8 cm³/mol. The number of amides is 1. The van der Waals surface area contributed by atoms with E-state index in [1.54, 1.807) is 25.3 Å². The molecule has 10 heteroatoms. The number of thiazole rings is 1. The average Bonchev–Trinajstić information content (AvgIpc) is 3.16. The van der Waals surface area contributed by atoms with E-state index in [2.05, 4.69) is 20.4 Å². The van der Waals surface area contributed by atoms with Crippen molar-refractivity contribution in [1.82, 2.24) is 19.7 Å². The van der Waals surface area contributed by atoms with Crippen molar-refractivity contribution in [3.8, 4) is 0 Å². The van der Waals surface area contributed by atoms with Gasteiger partial charge >= 0.3 is 6.18 Å². The second kappa shape index (κ2) is 7.10. The molecule has 0 aliphatic rings. The lowest BCUT2D eigenvalue weighted by Crippen LogP contribution is -2.16. The number of hydrogen-bond donors (Lipinski definition) is 1. The number of rotatable bonds is 4. The molecular weight excluding hydrogens is 379 g/mol. The maximum absolute atomic E-state index is 13.3. The number of carbonyl (C=O) groups excluding carboxylic acids is 1. The largest absolute Gasteiger partial charge is 0.451 e. The number of benzene rings is 1. The molecule has 0 saturated carbocycles. The quantitative estimate of drug-likeness (QED) is 0.725. The summed E-state index contributed by atoms with van der Waals surface area (Å²) in [4.78, 5) is 20.8. The molecule has 1 N–H and O–H groups in total. The summed E-state index contributed by atoms with van der Waals surface area (Å²) in [5.74, 6) is -2.15. The van der Waals surface area contributed by atoms with Gasteiger partial charge in [-0.2, -0.15) is 18.2 Å². The first kappa shape index (κ1) is 19.0. The molecule has 3 rings (SSSR count).